The van der Waals surface area contributed by atoms with Crippen LogP contribution in [-0.2, 0) is 4.74 Å². The lowest BCUT2D eigenvalue weighted by Gasteiger charge is -2.28. The molecule has 0 aromatic rings. The summed E-state index contributed by atoms with van der Waals surface area (Å²) in [7, 11) is 0. The molecule has 4 heteroatoms. The van der Waals surface area contributed by atoms with Gasteiger partial charge in [-0.2, -0.15) is 0 Å². The van der Waals surface area contributed by atoms with E-state index in [0.717, 1.165) is 0 Å². The largest absolute Gasteiger partial charge is 0.396 e. The summed E-state index contributed by atoms with van der Waals surface area (Å²) in [4.78, 5) is 0. The van der Waals surface area contributed by atoms with Crippen molar-refractivity contribution in [1.29, 1.82) is 0 Å². The van der Waals surface area contributed by atoms with Gasteiger partial charge in [-0.3, -0.25) is 0 Å². The number of rotatable bonds is 24. The molecule has 182 valence electrons. The highest BCUT2D eigenvalue weighted by Gasteiger charge is 2.28. The maximum atomic E-state index is 9.48. The Morgan fingerprint density at radius 1 is 0.567 bits per heavy atom. The Hall–Kier alpha value is -0.160. The van der Waals surface area contributed by atoms with Crippen molar-refractivity contribution in [3.8, 4) is 0 Å². The minimum absolute atomic E-state index is 0.224. The smallest absolute Gasteiger partial charge is 0.0629 e. The quantitative estimate of drug-likeness (QED) is 0.158. The monoisotopic (exact) mass is 430 g/mol. The van der Waals surface area contributed by atoms with Gasteiger partial charge < -0.3 is 20.1 Å². The molecule has 0 saturated carbocycles. The first-order valence-corrected chi connectivity index (χ1v) is 13.1. The molecule has 0 saturated heterocycles. The molecule has 0 aliphatic rings. The van der Waals surface area contributed by atoms with Gasteiger partial charge in [-0.05, 0) is 18.8 Å². The second kappa shape index (κ2) is 22.0. The Bertz CT molecular complexity index is 323. The fourth-order valence-corrected chi connectivity index (χ4v) is 4.00. The van der Waals surface area contributed by atoms with Crippen LogP contribution < -0.4 is 0 Å². The van der Waals surface area contributed by atoms with Crippen molar-refractivity contribution in [2.75, 3.05) is 33.0 Å². The average Bonchev–Trinajstić information content (AvgIpc) is 2.77. The van der Waals surface area contributed by atoms with Gasteiger partial charge in [0.2, 0.25) is 0 Å². The first kappa shape index (κ1) is 29.8. The van der Waals surface area contributed by atoms with Gasteiger partial charge >= 0.3 is 0 Å². The van der Waals surface area contributed by atoms with Crippen molar-refractivity contribution in [3.05, 3.63) is 0 Å². The molecule has 1 atom stereocenters. The third kappa shape index (κ3) is 16.5. The molecule has 0 amide bonds. The summed E-state index contributed by atoms with van der Waals surface area (Å²) in [5.74, 6) is 0.550. The van der Waals surface area contributed by atoms with E-state index in [-0.39, 0.29) is 26.4 Å². The van der Waals surface area contributed by atoms with Crippen molar-refractivity contribution in [1.82, 2.24) is 0 Å². The van der Waals surface area contributed by atoms with E-state index in [0.29, 0.717) is 12.5 Å². The topological polar surface area (TPSA) is 69.9 Å². The molecule has 30 heavy (non-hydrogen) atoms. The molecule has 0 rings (SSSR count). The fraction of sp³-hybridized carbons (Fsp3) is 1.00. The highest BCUT2D eigenvalue weighted by Crippen LogP contribution is 2.22. The normalized spacial score (nSPS) is 13.1. The van der Waals surface area contributed by atoms with Crippen LogP contribution in [0.5, 0.6) is 0 Å². The zero-order chi connectivity index (χ0) is 22.3. The minimum atomic E-state index is -0.914. The molecule has 0 aliphatic carbocycles. The number of ether oxygens (including phenoxy) is 1. The first-order chi connectivity index (χ1) is 14.7. The van der Waals surface area contributed by atoms with Gasteiger partial charge in [0.1, 0.15) is 0 Å². The zero-order valence-electron chi connectivity index (χ0n) is 20.4. The summed E-state index contributed by atoms with van der Waals surface area (Å²) in [6.45, 7) is 4.67. The summed E-state index contributed by atoms with van der Waals surface area (Å²) in [5.41, 5.74) is -0.914. The molecule has 3 N–H and O–H groups in total. The van der Waals surface area contributed by atoms with Crippen LogP contribution in [0.1, 0.15) is 123 Å². The van der Waals surface area contributed by atoms with E-state index in [1.54, 1.807) is 0 Å². The van der Waals surface area contributed by atoms with E-state index in [4.69, 9.17) is 4.74 Å². The van der Waals surface area contributed by atoms with Crippen molar-refractivity contribution in [2.45, 2.75) is 123 Å². The number of hydrogen-bond donors (Lipinski definition) is 3. The Kier molecular flexibility index (Phi) is 21.9. The Morgan fingerprint density at radius 2 is 0.933 bits per heavy atom. The molecular formula is C26H54O4. The number of hydrogen-bond acceptors (Lipinski definition) is 4. The molecule has 0 heterocycles. The van der Waals surface area contributed by atoms with Crippen LogP contribution in [0.3, 0.4) is 0 Å². The van der Waals surface area contributed by atoms with Crippen LogP contribution in [0.15, 0.2) is 0 Å². The van der Waals surface area contributed by atoms with Gasteiger partial charge in [-0.1, -0.05) is 110 Å². The van der Waals surface area contributed by atoms with E-state index < -0.39 is 5.41 Å². The van der Waals surface area contributed by atoms with E-state index in [2.05, 4.69) is 13.8 Å². The van der Waals surface area contributed by atoms with Gasteiger partial charge in [0, 0.05) is 6.61 Å². The molecular weight excluding hydrogens is 376 g/mol. The molecule has 1 unspecified atom stereocenters. The van der Waals surface area contributed by atoms with Crippen LogP contribution in [0, 0.1) is 11.3 Å². The minimum Gasteiger partial charge on any atom is -0.396 e. The molecule has 0 aromatic carbocycles. The number of unbranched alkanes of at least 4 members (excludes halogenated alkanes) is 13. The fourth-order valence-electron chi connectivity index (χ4n) is 4.00. The van der Waals surface area contributed by atoms with Gasteiger partial charge in [-0.25, -0.2) is 0 Å². The van der Waals surface area contributed by atoms with Crippen LogP contribution >= 0.6 is 0 Å². The van der Waals surface area contributed by atoms with Crippen LogP contribution in [-0.4, -0.2) is 48.4 Å². The second-order valence-electron chi connectivity index (χ2n) is 9.53. The summed E-state index contributed by atoms with van der Waals surface area (Å²) in [6.07, 6.45) is 22.4. The molecule has 0 aromatic heterocycles. The zero-order valence-corrected chi connectivity index (χ0v) is 20.4. The predicted molar refractivity (Wildman–Crippen MR) is 128 cm³/mol. The van der Waals surface area contributed by atoms with Crippen molar-refractivity contribution in [2.24, 2.45) is 11.3 Å². The van der Waals surface area contributed by atoms with E-state index in [9.17, 15) is 15.3 Å². The van der Waals surface area contributed by atoms with E-state index in [1.165, 1.54) is 109 Å². The van der Waals surface area contributed by atoms with Crippen LogP contribution in [0.25, 0.3) is 0 Å². The Labute approximate surface area is 187 Å². The first-order valence-electron chi connectivity index (χ1n) is 13.1. The third-order valence-electron chi connectivity index (χ3n) is 6.45. The lowest BCUT2D eigenvalue weighted by Crippen LogP contribution is -2.39. The third-order valence-corrected chi connectivity index (χ3v) is 6.45. The van der Waals surface area contributed by atoms with Gasteiger partial charge in [0.05, 0.1) is 31.8 Å². The number of aliphatic hydroxyl groups is 3. The SMILES string of the molecule is CCCCCCCCCCC(CCCCCCCCC)COCC(CO)(CO)CO. The highest BCUT2D eigenvalue weighted by atomic mass is 16.5. The van der Waals surface area contributed by atoms with Crippen molar-refractivity contribution in [3.63, 3.8) is 0 Å². The highest BCUT2D eigenvalue weighted by molar-refractivity contribution is 4.76. The Balaban J connectivity index is 4.14. The standard InChI is InChI=1S/C26H54O4/c1-3-5-7-9-11-13-15-17-19-25(18-16-14-12-10-8-6-4-2)20-30-24-26(21-27,22-28)23-29/h25,27-29H,3-24H2,1-2H3. The van der Waals surface area contributed by atoms with Crippen molar-refractivity contribution < 1.29 is 20.1 Å². The lowest BCUT2D eigenvalue weighted by molar-refractivity contribution is -0.0649. The summed E-state index contributed by atoms with van der Waals surface area (Å²) in [6, 6.07) is 0. The molecule has 0 aliphatic heterocycles. The van der Waals surface area contributed by atoms with Crippen LogP contribution in [0.2, 0.25) is 0 Å². The maximum Gasteiger partial charge on any atom is 0.0629 e. The molecule has 0 fully saturated rings. The second-order valence-corrected chi connectivity index (χ2v) is 9.53. The molecule has 0 spiro atoms. The molecule has 4 nitrogen and oxygen atoms in total. The van der Waals surface area contributed by atoms with Gasteiger partial charge in [0.15, 0.2) is 0 Å². The van der Waals surface area contributed by atoms with E-state index >= 15 is 0 Å². The van der Waals surface area contributed by atoms with E-state index in [1.807, 2.05) is 0 Å². The summed E-state index contributed by atoms with van der Waals surface area (Å²) >= 11 is 0. The lowest BCUT2D eigenvalue weighted by atomic mass is 9.92. The van der Waals surface area contributed by atoms with Crippen molar-refractivity contribution >= 4 is 0 Å². The Morgan fingerprint density at radius 3 is 1.30 bits per heavy atom. The van der Waals surface area contributed by atoms with Gasteiger partial charge in [0.25, 0.3) is 0 Å². The summed E-state index contributed by atoms with van der Waals surface area (Å²) in [5, 5.41) is 28.4. The summed E-state index contributed by atoms with van der Waals surface area (Å²) < 4.78 is 5.89. The maximum absolute atomic E-state index is 9.48. The predicted octanol–water partition coefficient (Wildman–Crippen LogP) is 6.25. The number of aliphatic hydroxyl groups excluding tert-OH is 3. The van der Waals surface area contributed by atoms with Gasteiger partial charge in [-0.15, -0.1) is 0 Å². The molecule has 0 radical (unpaired) electrons. The average molecular weight is 431 g/mol. The molecule has 0 bridgehead atoms. The van der Waals surface area contributed by atoms with Crippen LogP contribution in [0.4, 0.5) is 0 Å².